The van der Waals surface area contributed by atoms with Crippen LogP contribution in [0.15, 0.2) is 60.8 Å². The zero-order valence-electron chi connectivity index (χ0n) is 21.4. The summed E-state index contributed by atoms with van der Waals surface area (Å²) < 4.78 is 19.3. The monoisotopic (exact) mass is 489 g/mol. The van der Waals surface area contributed by atoms with Gasteiger partial charge in [-0.25, -0.2) is 14.6 Å². The Kier molecular flexibility index (Phi) is 6.50. The molecule has 2 bridgehead atoms. The molecule has 2 unspecified atom stereocenters. The summed E-state index contributed by atoms with van der Waals surface area (Å²) in [7, 11) is 0. The van der Waals surface area contributed by atoms with Crippen LogP contribution < -0.4 is 0 Å². The van der Waals surface area contributed by atoms with Crippen LogP contribution in [0.25, 0.3) is 6.08 Å². The van der Waals surface area contributed by atoms with E-state index < -0.39 is 29.4 Å². The summed E-state index contributed by atoms with van der Waals surface area (Å²) >= 11 is 0. The first-order valence-electron chi connectivity index (χ1n) is 13.0. The van der Waals surface area contributed by atoms with Crippen LogP contribution in [0.1, 0.15) is 63.0 Å². The fraction of sp³-hybridized carbons (Fsp3) is 0.500. The Morgan fingerprint density at radius 2 is 1.83 bits per heavy atom. The molecule has 7 atom stereocenters. The van der Waals surface area contributed by atoms with E-state index >= 15 is 0 Å². The van der Waals surface area contributed by atoms with Crippen molar-refractivity contribution in [3.63, 3.8) is 0 Å². The molecule has 0 N–H and O–H groups in total. The lowest BCUT2D eigenvalue weighted by atomic mass is 9.69. The molecule has 0 spiro atoms. The molecule has 1 saturated carbocycles. The Morgan fingerprint density at radius 1 is 1.08 bits per heavy atom. The maximum atomic E-state index is 13.1. The lowest BCUT2D eigenvalue weighted by Gasteiger charge is -2.52. The van der Waals surface area contributed by atoms with Gasteiger partial charge >= 0.3 is 11.9 Å². The van der Waals surface area contributed by atoms with Gasteiger partial charge in [-0.3, -0.25) is 0 Å². The molecule has 5 rings (SSSR count). The van der Waals surface area contributed by atoms with Crippen LogP contribution in [0.2, 0.25) is 0 Å². The quantitative estimate of drug-likeness (QED) is 0.395. The molecular weight excluding hydrogens is 454 g/mol. The van der Waals surface area contributed by atoms with Gasteiger partial charge in [-0.2, -0.15) is 0 Å². The summed E-state index contributed by atoms with van der Waals surface area (Å²) in [5.41, 5.74) is -0.159. The van der Waals surface area contributed by atoms with Crippen LogP contribution in [0.5, 0.6) is 0 Å². The van der Waals surface area contributed by atoms with E-state index in [1.807, 2.05) is 30.3 Å². The van der Waals surface area contributed by atoms with E-state index in [1.165, 1.54) is 6.08 Å². The van der Waals surface area contributed by atoms with Gasteiger partial charge in [-0.05, 0) is 61.3 Å². The van der Waals surface area contributed by atoms with Crippen molar-refractivity contribution in [3.05, 3.63) is 72.1 Å². The van der Waals surface area contributed by atoms with Crippen LogP contribution in [-0.2, 0) is 19.0 Å². The van der Waals surface area contributed by atoms with Gasteiger partial charge in [0.25, 0.3) is 0 Å². The number of carbonyl (C=O) groups excluding carboxylic acids is 2. The third-order valence-corrected chi connectivity index (χ3v) is 8.73. The average Bonchev–Trinajstić information content (AvgIpc) is 3.39. The second kappa shape index (κ2) is 9.47. The molecule has 0 radical (unpaired) electrons. The first kappa shape index (κ1) is 24.7. The van der Waals surface area contributed by atoms with E-state index in [0.717, 1.165) is 18.4 Å². The van der Waals surface area contributed by atoms with Gasteiger partial charge in [0, 0.05) is 24.6 Å². The Labute approximate surface area is 213 Å². The molecule has 3 heterocycles. The molecule has 2 saturated heterocycles. The molecule has 6 nitrogen and oxygen atoms in total. The first-order chi connectivity index (χ1) is 17.2. The molecule has 1 aromatic carbocycles. The van der Waals surface area contributed by atoms with Crippen molar-refractivity contribution in [1.82, 2.24) is 4.98 Å². The summed E-state index contributed by atoms with van der Waals surface area (Å²) in [6, 6.07) is 14.9. The number of ether oxygens (including phenoxy) is 3. The molecule has 3 fully saturated rings. The van der Waals surface area contributed by atoms with Crippen LogP contribution in [0.3, 0.4) is 0 Å². The Bertz CT molecular complexity index is 1130. The fourth-order valence-corrected chi connectivity index (χ4v) is 6.81. The number of nitrogens with zero attached hydrogens (tertiary/aromatic N) is 1. The number of rotatable bonds is 6. The van der Waals surface area contributed by atoms with Gasteiger partial charge in [0.1, 0.15) is 29.1 Å². The zero-order valence-corrected chi connectivity index (χ0v) is 21.4. The van der Waals surface area contributed by atoms with E-state index in [0.29, 0.717) is 12.3 Å². The molecule has 6 heteroatoms. The number of aromatic nitrogens is 1. The molecule has 2 aliphatic heterocycles. The normalized spacial score (nSPS) is 35.1. The van der Waals surface area contributed by atoms with Crippen molar-refractivity contribution in [2.45, 2.75) is 70.4 Å². The largest absolute Gasteiger partial charge is 0.456 e. The molecule has 0 amide bonds. The summed E-state index contributed by atoms with van der Waals surface area (Å²) in [6.07, 6.45) is 6.46. The number of hydrogen-bond acceptors (Lipinski definition) is 6. The highest BCUT2D eigenvalue weighted by Crippen LogP contribution is 2.63. The number of esters is 2. The summed E-state index contributed by atoms with van der Waals surface area (Å²) in [5, 5.41) is 0. The minimum absolute atomic E-state index is 0.0556. The molecule has 36 heavy (non-hydrogen) atoms. The highest BCUT2D eigenvalue weighted by Gasteiger charge is 2.72. The van der Waals surface area contributed by atoms with Gasteiger partial charge in [-0.15, -0.1) is 0 Å². The zero-order chi connectivity index (χ0) is 25.5. The van der Waals surface area contributed by atoms with Crippen LogP contribution in [-0.4, -0.2) is 40.3 Å². The van der Waals surface area contributed by atoms with Crippen LogP contribution in [0.4, 0.5) is 0 Å². The molecular formula is C30H35NO5. The Hall–Kier alpha value is -2.99. The van der Waals surface area contributed by atoms with E-state index in [9.17, 15) is 9.59 Å². The van der Waals surface area contributed by atoms with E-state index in [-0.39, 0.29) is 29.4 Å². The number of hydrogen-bond donors (Lipinski definition) is 0. The van der Waals surface area contributed by atoms with Gasteiger partial charge in [0.15, 0.2) is 0 Å². The summed E-state index contributed by atoms with van der Waals surface area (Å²) in [6.45, 7) is 8.52. The third-order valence-electron chi connectivity index (χ3n) is 8.73. The van der Waals surface area contributed by atoms with Gasteiger partial charge in [0.2, 0.25) is 0 Å². The van der Waals surface area contributed by atoms with Crippen molar-refractivity contribution in [3.8, 4) is 0 Å². The SMILES string of the molecule is CC(C)C12C[C@@H](OC(=O)c3ccccn3)[C@@](C)(O1)[C@@H]1CC[C@@H](C)[C@H]1C2OC(=O)C=Cc1ccccc1. The smallest absolute Gasteiger partial charge is 0.357 e. The molecule has 3 aliphatic rings. The van der Waals surface area contributed by atoms with E-state index in [2.05, 4.69) is 32.7 Å². The van der Waals surface area contributed by atoms with E-state index in [1.54, 1.807) is 30.5 Å². The lowest BCUT2D eigenvalue weighted by Crippen LogP contribution is -2.62. The molecule has 190 valence electrons. The predicted molar refractivity (Wildman–Crippen MR) is 136 cm³/mol. The van der Waals surface area contributed by atoms with Gasteiger partial charge in [-0.1, -0.05) is 57.2 Å². The summed E-state index contributed by atoms with van der Waals surface area (Å²) in [4.78, 5) is 30.3. The second-order valence-electron chi connectivity index (χ2n) is 11.0. The molecule has 2 aromatic rings. The van der Waals surface area contributed by atoms with Gasteiger partial charge in [0.05, 0.1) is 0 Å². The predicted octanol–water partition coefficient (Wildman–Crippen LogP) is 5.48. The lowest BCUT2D eigenvalue weighted by molar-refractivity contribution is -0.263. The van der Waals surface area contributed by atoms with Crippen molar-refractivity contribution >= 4 is 18.0 Å². The van der Waals surface area contributed by atoms with Crippen molar-refractivity contribution < 1.29 is 23.8 Å². The maximum Gasteiger partial charge on any atom is 0.357 e. The van der Waals surface area contributed by atoms with Crippen molar-refractivity contribution in [2.24, 2.45) is 23.7 Å². The van der Waals surface area contributed by atoms with Crippen LogP contribution >= 0.6 is 0 Å². The number of pyridine rings is 1. The Morgan fingerprint density at radius 3 is 2.53 bits per heavy atom. The van der Waals surface area contributed by atoms with Crippen LogP contribution in [0, 0.1) is 23.7 Å². The maximum absolute atomic E-state index is 13.1. The number of carbonyl (C=O) groups is 2. The summed E-state index contributed by atoms with van der Waals surface area (Å²) in [5.74, 6) is -0.128. The van der Waals surface area contributed by atoms with Gasteiger partial charge < -0.3 is 14.2 Å². The number of benzene rings is 1. The third kappa shape index (κ3) is 4.15. The Balaban J connectivity index is 1.45. The average molecular weight is 490 g/mol. The topological polar surface area (TPSA) is 74.7 Å². The second-order valence-corrected chi connectivity index (χ2v) is 11.0. The highest BCUT2D eigenvalue weighted by molar-refractivity contribution is 5.88. The number of fused-ring (bicyclic) bond motifs is 4. The minimum atomic E-state index is -0.736. The molecule has 1 aliphatic carbocycles. The fourth-order valence-electron chi connectivity index (χ4n) is 6.81. The van der Waals surface area contributed by atoms with E-state index in [4.69, 9.17) is 14.2 Å². The van der Waals surface area contributed by atoms with Crippen molar-refractivity contribution in [1.29, 1.82) is 0 Å². The van der Waals surface area contributed by atoms with Crippen molar-refractivity contribution in [2.75, 3.05) is 0 Å². The highest BCUT2D eigenvalue weighted by atomic mass is 16.6. The molecule has 1 aromatic heterocycles. The standard InChI is InChI=1S/C30H35NO5/c1-19(2)30-18-24(34-28(33)23-12-8-9-17-31-23)29(4,36-30)22-15-13-20(3)26(22)27(30)35-25(32)16-14-21-10-6-5-7-11-21/h5-12,14,16-17,19-20,22,24,26-27H,13,15,18H2,1-4H3/t20-,22-,24-,26-,27?,29+,30?/m1/s1. The minimum Gasteiger partial charge on any atom is -0.456 e. The first-order valence-corrected chi connectivity index (χ1v) is 13.0.